The van der Waals surface area contributed by atoms with Crippen molar-refractivity contribution in [2.45, 2.75) is 44.6 Å². The number of fused-ring (bicyclic) bond motifs is 1. The molecule has 1 aromatic rings. The normalized spacial score (nSPS) is 23.4. The molecule has 8 heteroatoms. The fraction of sp³-hybridized carbons (Fsp3) is 0.625. The first-order valence-electron chi connectivity index (χ1n) is 8.27. The van der Waals surface area contributed by atoms with E-state index in [-0.39, 0.29) is 28.4 Å². The summed E-state index contributed by atoms with van der Waals surface area (Å²) in [5.41, 5.74) is 0. The largest absolute Gasteiger partial charge is 0.451 e. The van der Waals surface area contributed by atoms with Crippen LogP contribution in [-0.2, 0) is 9.53 Å². The molecule has 24 heavy (non-hydrogen) atoms. The third-order valence-electron chi connectivity index (χ3n) is 4.86. The lowest BCUT2D eigenvalue weighted by atomic mass is 9.78. The second-order valence-electron chi connectivity index (χ2n) is 6.31. The maximum Gasteiger partial charge on any atom is 0.349 e. The summed E-state index contributed by atoms with van der Waals surface area (Å²) >= 11 is 0.756. The van der Waals surface area contributed by atoms with E-state index in [1.807, 2.05) is 4.90 Å². The van der Waals surface area contributed by atoms with Crippen LogP contribution in [0.2, 0.25) is 0 Å². The summed E-state index contributed by atoms with van der Waals surface area (Å²) in [6.07, 6.45) is 6.75. The summed E-state index contributed by atoms with van der Waals surface area (Å²) in [5.74, 6) is -0.267. The number of ether oxygens (including phenoxy) is 1. The molecule has 2 heterocycles. The minimum atomic E-state index is -0.682. The number of hydrogen-bond acceptors (Lipinski definition) is 6. The molecule has 0 aromatic carbocycles. The molecule has 2 aliphatic rings. The summed E-state index contributed by atoms with van der Waals surface area (Å²) in [5, 5.41) is 10.5. The van der Waals surface area contributed by atoms with Crippen LogP contribution in [0.3, 0.4) is 0 Å². The smallest absolute Gasteiger partial charge is 0.349 e. The van der Waals surface area contributed by atoms with Crippen LogP contribution in [0.4, 0.5) is 5.00 Å². The molecular formula is C16H20N2O5S. The lowest BCUT2D eigenvalue weighted by molar-refractivity contribution is -0.380. The number of hydrogen-bond donors (Lipinski definition) is 0. The van der Waals surface area contributed by atoms with E-state index in [4.69, 9.17) is 4.74 Å². The van der Waals surface area contributed by atoms with Gasteiger partial charge >= 0.3 is 11.0 Å². The zero-order valence-corrected chi connectivity index (χ0v) is 14.1. The van der Waals surface area contributed by atoms with Gasteiger partial charge in [-0.15, -0.1) is 0 Å². The Bertz CT molecular complexity index is 642. The Kier molecular flexibility index (Phi) is 5.13. The van der Waals surface area contributed by atoms with E-state index in [1.165, 1.54) is 31.4 Å². The Labute approximate surface area is 143 Å². The summed E-state index contributed by atoms with van der Waals surface area (Å²) in [6, 6.07) is 2.90. The number of likely N-dealkylation sites (tertiary alicyclic amines) is 1. The van der Waals surface area contributed by atoms with Gasteiger partial charge in [0.15, 0.2) is 6.61 Å². The molecule has 0 spiro atoms. The second kappa shape index (κ2) is 7.29. The first-order valence-corrected chi connectivity index (χ1v) is 9.08. The highest BCUT2D eigenvalue weighted by molar-refractivity contribution is 7.17. The van der Waals surface area contributed by atoms with Crippen molar-refractivity contribution in [3.05, 3.63) is 27.1 Å². The molecular weight excluding hydrogens is 332 g/mol. The molecule has 0 radical (unpaired) electrons. The average Bonchev–Trinajstić information content (AvgIpc) is 3.09. The molecule has 130 valence electrons. The number of thiophene rings is 1. The first kappa shape index (κ1) is 16.9. The predicted octanol–water partition coefficient (Wildman–Crippen LogP) is 2.99. The van der Waals surface area contributed by atoms with E-state index in [9.17, 15) is 19.7 Å². The van der Waals surface area contributed by atoms with Crippen LogP contribution in [0.25, 0.3) is 0 Å². The van der Waals surface area contributed by atoms with Crippen molar-refractivity contribution >= 4 is 28.2 Å². The second-order valence-corrected chi connectivity index (χ2v) is 7.37. The molecule has 7 nitrogen and oxygen atoms in total. The SMILES string of the molecule is O=C(OCC(=O)N1CCC[C@@H]2CCCC[C@H]21)c1ccc([N+](=O)[O-])s1. The zero-order valence-electron chi connectivity index (χ0n) is 13.3. The lowest BCUT2D eigenvalue weighted by Gasteiger charge is -2.44. The van der Waals surface area contributed by atoms with E-state index < -0.39 is 10.9 Å². The molecule has 1 saturated heterocycles. The van der Waals surface area contributed by atoms with Crippen LogP contribution in [-0.4, -0.2) is 40.9 Å². The highest BCUT2D eigenvalue weighted by Gasteiger charge is 2.35. The molecule has 1 aliphatic heterocycles. The van der Waals surface area contributed by atoms with Crippen LogP contribution in [0.5, 0.6) is 0 Å². The first-order chi connectivity index (χ1) is 11.6. The van der Waals surface area contributed by atoms with E-state index in [2.05, 4.69) is 0 Å². The van der Waals surface area contributed by atoms with Gasteiger partial charge in [0.05, 0.1) is 4.92 Å². The average molecular weight is 352 g/mol. The van der Waals surface area contributed by atoms with Gasteiger partial charge in [0.1, 0.15) is 4.88 Å². The maximum absolute atomic E-state index is 12.4. The van der Waals surface area contributed by atoms with Gasteiger partial charge in [0.2, 0.25) is 0 Å². The van der Waals surface area contributed by atoms with Gasteiger partial charge in [0, 0.05) is 18.7 Å². The predicted molar refractivity (Wildman–Crippen MR) is 87.9 cm³/mol. The van der Waals surface area contributed by atoms with Crippen LogP contribution in [0.1, 0.15) is 48.2 Å². The standard InChI is InChI=1S/C16H20N2O5S/c19-14(17-9-3-5-11-4-1-2-6-12(11)17)10-23-16(20)13-7-8-15(24-13)18(21)22/h7-8,11-12H,1-6,9-10H2/t11-,12+/m0/s1. The van der Waals surface area contributed by atoms with Crippen molar-refractivity contribution in [3.8, 4) is 0 Å². The van der Waals surface area contributed by atoms with Crippen molar-refractivity contribution in [1.29, 1.82) is 0 Å². The highest BCUT2D eigenvalue weighted by atomic mass is 32.1. The maximum atomic E-state index is 12.4. The zero-order chi connectivity index (χ0) is 17.1. The third-order valence-corrected chi connectivity index (χ3v) is 5.88. The van der Waals surface area contributed by atoms with E-state index in [1.54, 1.807) is 0 Å². The summed E-state index contributed by atoms with van der Waals surface area (Å²) < 4.78 is 5.07. The van der Waals surface area contributed by atoms with Crippen LogP contribution in [0, 0.1) is 16.0 Å². The molecule has 0 bridgehead atoms. The van der Waals surface area contributed by atoms with Crippen LogP contribution in [0.15, 0.2) is 12.1 Å². The van der Waals surface area contributed by atoms with Crippen molar-refractivity contribution in [1.82, 2.24) is 4.90 Å². The summed E-state index contributed by atoms with van der Waals surface area (Å²) in [6.45, 7) is 0.426. The summed E-state index contributed by atoms with van der Waals surface area (Å²) in [7, 11) is 0. The molecule has 1 aromatic heterocycles. The third kappa shape index (κ3) is 3.58. The molecule has 1 saturated carbocycles. The van der Waals surface area contributed by atoms with Crippen molar-refractivity contribution in [3.63, 3.8) is 0 Å². The Morgan fingerprint density at radius 2 is 2.00 bits per heavy atom. The van der Waals surface area contributed by atoms with E-state index in [0.29, 0.717) is 5.92 Å². The number of carbonyl (C=O) groups excluding carboxylic acids is 2. The Morgan fingerprint density at radius 1 is 1.25 bits per heavy atom. The number of amides is 1. The fourth-order valence-electron chi connectivity index (χ4n) is 3.75. The lowest BCUT2D eigenvalue weighted by Crippen LogP contribution is -2.50. The highest BCUT2D eigenvalue weighted by Crippen LogP contribution is 2.35. The van der Waals surface area contributed by atoms with Gasteiger partial charge in [-0.3, -0.25) is 14.9 Å². The number of esters is 1. The summed E-state index contributed by atoms with van der Waals surface area (Å²) in [4.78, 5) is 36.5. The van der Waals surface area contributed by atoms with Crippen molar-refractivity contribution in [2.75, 3.05) is 13.2 Å². The number of nitrogens with zero attached hydrogens (tertiary/aromatic N) is 2. The Balaban J connectivity index is 1.56. The van der Waals surface area contributed by atoms with E-state index in [0.717, 1.165) is 37.1 Å². The molecule has 3 rings (SSSR count). The van der Waals surface area contributed by atoms with Crippen molar-refractivity contribution in [2.24, 2.45) is 5.92 Å². The Hall–Kier alpha value is -1.96. The minimum absolute atomic E-state index is 0.116. The van der Waals surface area contributed by atoms with Crippen molar-refractivity contribution < 1.29 is 19.2 Å². The monoisotopic (exact) mass is 352 g/mol. The van der Waals surface area contributed by atoms with Gasteiger partial charge in [-0.25, -0.2) is 4.79 Å². The van der Waals surface area contributed by atoms with Gasteiger partial charge < -0.3 is 9.64 Å². The van der Waals surface area contributed by atoms with Crippen LogP contribution < -0.4 is 0 Å². The minimum Gasteiger partial charge on any atom is -0.451 e. The topological polar surface area (TPSA) is 89.8 Å². The van der Waals surface area contributed by atoms with Gasteiger partial charge in [-0.2, -0.15) is 0 Å². The van der Waals surface area contributed by atoms with Crippen LogP contribution >= 0.6 is 11.3 Å². The number of nitro groups is 1. The molecule has 1 amide bonds. The number of carbonyl (C=O) groups is 2. The Morgan fingerprint density at radius 3 is 2.75 bits per heavy atom. The molecule has 2 atom stereocenters. The quantitative estimate of drug-likeness (QED) is 0.472. The molecule has 1 aliphatic carbocycles. The molecule has 0 N–H and O–H groups in total. The fourth-order valence-corrected chi connectivity index (χ4v) is 4.47. The van der Waals surface area contributed by atoms with Gasteiger partial charge in [-0.05, 0) is 37.7 Å². The number of rotatable bonds is 4. The molecule has 2 fully saturated rings. The van der Waals surface area contributed by atoms with Gasteiger partial charge in [0.25, 0.3) is 5.91 Å². The molecule has 0 unspecified atom stereocenters. The van der Waals surface area contributed by atoms with E-state index >= 15 is 0 Å². The van der Waals surface area contributed by atoms with Gasteiger partial charge in [-0.1, -0.05) is 24.2 Å². The number of piperidine rings is 1.